The number of aromatic nitrogens is 1. The van der Waals surface area contributed by atoms with E-state index < -0.39 is 0 Å². The van der Waals surface area contributed by atoms with E-state index in [1.807, 2.05) is 0 Å². The summed E-state index contributed by atoms with van der Waals surface area (Å²) >= 11 is 2.16. The van der Waals surface area contributed by atoms with Crippen LogP contribution in [0.2, 0.25) is 5.82 Å². The predicted molar refractivity (Wildman–Crippen MR) is 407 cm³/mol. The van der Waals surface area contributed by atoms with Crippen molar-refractivity contribution in [2.24, 2.45) is 10.8 Å². The SMILES string of the molecule is CC1(C)CCC(C)(C)C2=C[C@H]3B4c5sc6cc7c(cc6c5N(c5cc6c(cc5-c5ccccc5)C(C)(C)CCC6(C)C)c5cc(-n6c8cc(C(C)(C)C)ccc8c8ccc(C(C)(C)C)cc86)cc(c54)N(c4ccc5c(c4)C(C)(C)CCC5(C)C)C3C=C21)C1(C)CCC7(C)C1. The molecular formula is C89H102BN3S. The maximum absolute atomic E-state index is 2.94. The number of anilines is 5. The highest BCUT2D eigenvalue weighted by atomic mass is 32.1. The van der Waals surface area contributed by atoms with Gasteiger partial charge in [-0.25, -0.2) is 0 Å². The van der Waals surface area contributed by atoms with Crippen LogP contribution in [0, 0.1) is 10.8 Å². The second-order valence-corrected chi connectivity index (χ2v) is 39.0. The van der Waals surface area contributed by atoms with E-state index in [4.69, 9.17) is 0 Å². The minimum atomic E-state index is -0.0615. The summed E-state index contributed by atoms with van der Waals surface area (Å²) in [5.74, 6) is 0.144. The van der Waals surface area contributed by atoms with Crippen molar-refractivity contribution in [3.05, 3.63) is 189 Å². The standard InChI is InChI=1S/C89H102BN3S/c1-80(2,3)53-26-29-57-58-30-27-54(81(4,5)6)41-71(58)92(70(57)40-53)56-43-74-77-75(44-56)93(72-48-65-63(84(11,12)34-36-86(65,15)16)45-59(72)52-24-22-21-23-25-52)78-60-46-67-68(89(20)39-38-88(67,19)51-89)50-76(60)94-79(78)90(77)69-47-64-66(87(17,18)37-35-85(64,13)14)49-73(69)91(74)55-28-31-61-62(42-55)83(9,10)33-32-82(61,7)8/h21-31,40-50,69,73H,32-39,51H2,1-20H3/t69-,73?,88?,89?/m1/s1. The quantitative estimate of drug-likeness (QED) is 0.163. The molecule has 0 radical (unpaired) electrons. The molecule has 17 rings (SSSR count). The number of thiophene rings is 1. The molecular weight excluding hydrogens is 1150 g/mol. The molecule has 4 atom stereocenters. The summed E-state index contributed by atoms with van der Waals surface area (Å²) in [4.78, 5) is 5.86. The molecule has 0 N–H and O–H groups in total. The van der Waals surface area contributed by atoms with Crippen LogP contribution >= 0.6 is 11.3 Å². The first-order valence-electron chi connectivity index (χ1n) is 36.3. The van der Waals surface area contributed by atoms with E-state index in [0.29, 0.717) is 0 Å². The first kappa shape index (κ1) is 61.1. The van der Waals surface area contributed by atoms with Crippen molar-refractivity contribution >= 4 is 88.6 Å². The van der Waals surface area contributed by atoms with Gasteiger partial charge < -0.3 is 14.4 Å². The fraction of sp³-hybridized carbons (Fsp3) is 0.461. The van der Waals surface area contributed by atoms with Crippen LogP contribution in [0.25, 0.3) is 48.7 Å². The summed E-state index contributed by atoms with van der Waals surface area (Å²) in [7, 11) is 0. The third kappa shape index (κ3) is 8.58. The van der Waals surface area contributed by atoms with Crippen LogP contribution in [0.4, 0.5) is 28.4 Å². The highest BCUT2D eigenvalue weighted by Gasteiger charge is 2.57. The summed E-state index contributed by atoms with van der Waals surface area (Å²) in [5.41, 5.74) is 30.0. The van der Waals surface area contributed by atoms with Crippen LogP contribution < -0.4 is 20.0 Å². The fourth-order valence-corrected chi connectivity index (χ4v) is 21.8. The number of hydrogen-bond donors (Lipinski definition) is 0. The average Bonchev–Trinajstić information content (AvgIpc) is 1.25. The lowest BCUT2D eigenvalue weighted by Crippen LogP contribution is -2.61. The molecule has 5 heteroatoms. The van der Waals surface area contributed by atoms with Crippen LogP contribution in [0.3, 0.4) is 0 Å². The molecule has 2 bridgehead atoms. The van der Waals surface area contributed by atoms with E-state index in [1.54, 1.807) is 22.3 Å². The Morgan fingerprint density at radius 3 is 1.54 bits per heavy atom. The molecule has 7 aromatic carbocycles. The molecule has 9 aromatic rings. The molecule has 94 heavy (non-hydrogen) atoms. The van der Waals surface area contributed by atoms with Gasteiger partial charge in [0, 0.05) is 48.3 Å². The monoisotopic (exact) mass is 1260 g/mol. The van der Waals surface area contributed by atoms with Gasteiger partial charge >= 0.3 is 0 Å². The first-order valence-corrected chi connectivity index (χ1v) is 37.1. The van der Waals surface area contributed by atoms with Crippen LogP contribution in [0.5, 0.6) is 0 Å². The van der Waals surface area contributed by atoms with Gasteiger partial charge in [0.2, 0.25) is 6.71 Å². The van der Waals surface area contributed by atoms with Crippen LogP contribution in [-0.4, -0.2) is 17.3 Å². The molecule has 4 heterocycles. The summed E-state index contributed by atoms with van der Waals surface area (Å²) in [6.45, 7) is 50.0. The molecule has 0 saturated heterocycles. The smallest absolute Gasteiger partial charge is 0.239 e. The van der Waals surface area contributed by atoms with Crippen molar-refractivity contribution in [2.75, 3.05) is 9.80 Å². The number of fused-ring (bicyclic) bond motifs is 17. The first-order chi connectivity index (χ1) is 44.0. The fourth-order valence-electron chi connectivity index (χ4n) is 20.4. The number of hydrogen-bond acceptors (Lipinski definition) is 3. The molecule has 0 amide bonds. The Labute approximate surface area is 567 Å². The van der Waals surface area contributed by atoms with Crippen molar-refractivity contribution < 1.29 is 0 Å². The molecule has 6 aliphatic carbocycles. The lowest BCUT2D eigenvalue weighted by molar-refractivity contribution is 0.255. The van der Waals surface area contributed by atoms with E-state index >= 15 is 0 Å². The van der Waals surface area contributed by atoms with Gasteiger partial charge in [-0.1, -0.05) is 211 Å². The van der Waals surface area contributed by atoms with Crippen molar-refractivity contribution in [1.82, 2.24) is 4.57 Å². The van der Waals surface area contributed by atoms with Gasteiger partial charge in [0.25, 0.3) is 0 Å². The second kappa shape index (κ2) is 19.2. The maximum atomic E-state index is 2.94. The number of allylic oxidation sites excluding steroid dienone is 2. The Kier molecular flexibility index (Phi) is 12.5. The van der Waals surface area contributed by atoms with Gasteiger partial charge in [0.1, 0.15) is 0 Å². The van der Waals surface area contributed by atoms with E-state index in [-0.39, 0.29) is 72.7 Å². The van der Waals surface area contributed by atoms with E-state index in [9.17, 15) is 0 Å². The summed E-state index contributed by atoms with van der Waals surface area (Å²) in [5, 5.41) is 4.05. The van der Waals surface area contributed by atoms with Gasteiger partial charge in [-0.15, -0.1) is 11.3 Å². The second-order valence-electron chi connectivity index (χ2n) is 37.9. The van der Waals surface area contributed by atoms with Crippen molar-refractivity contribution in [2.45, 2.75) is 251 Å². The lowest BCUT2D eigenvalue weighted by Gasteiger charge is -2.54. The Bertz CT molecular complexity index is 4790. The molecule has 3 unspecified atom stereocenters. The predicted octanol–water partition coefficient (Wildman–Crippen LogP) is 23.7. The summed E-state index contributed by atoms with van der Waals surface area (Å²) < 4.78 is 5.71. The third-order valence-electron chi connectivity index (χ3n) is 26.6. The minimum Gasteiger partial charge on any atom is -0.335 e. The molecule has 3 nitrogen and oxygen atoms in total. The van der Waals surface area contributed by atoms with Crippen molar-refractivity contribution in [1.29, 1.82) is 0 Å². The highest BCUT2D eigenvalue weighted by molar-refractivity contribution is 7.32. The summed E-state index contributed by atoms with van der Waals surface area (Å²) in [6.07, 6.45) is 16.5. The molecule has 0 spiro atoms. The van der Waals surface area contributed by atoms with Gasteiger partial charge in [0.05, 0.1) is 34.1 Å². The van der Waals surface area contributed by atoms with Crippen LogP contribution in [0.15, 0.2) is 145 Å². The van der Waals surface area contributed by atoms with Crippen molar-refractivity contribution in [3.8, 4) is 16.8 Å². The van der Waals surface area contributed by atoms with Gasteiger partial charge in [0.15, 0.2) is 0 Å². The molecule has 482 valence electrons. The molecule has 8 aliphatic rings. The maximum Gasteiger partial charge on any atom is 0.239 e. The zero-order valence-corrected chi connectivity index (χ0v) is 61.4. The number of benzene rings is 7. The number of rotatable bonds is 4. The Hall–Kier alpha value is -6.56. The Morgan fingerprint density at radius 1 is 0.436 bits per heavy atom. The van der Waals surface area contributed by atoms with Gasteiger partial charge in [-0.2, -0.15) is 0 Å². The van der Waals surface area contributed by atoms with Crippen molar-refractivity contribution in [3.63, 3.8) is 0 Å². The number of nitrogens with zero attached hydrogens (tertiary/aromatic N) is 3. The topological polar surface area (TPSA) is 11.4 Å². The molecule has 2 saturated carbocycles. The lowest BCUT2D eigenvalue weighted by atomic mass is 9.30. The largest absolute Gasteiger partial charge is 0.335 e. The minimum absolute atomic E-state index is 0.00941. The summed E-state index contributed by atoms with van der Waals surface area (Å²) in [6, 6.07) is 50.7. The average molecular weight is 1260 g/mol. The molecule has 2 aromatic heterocycles. The zero-order chi connectivity index (χ0) is 66.1. The van der Waals surface area contributed by atoms with Gasteiger partial charge in [-0.05, 0) is 245 Å². The Morgan fingerprint density at radius 2 is 0.957 bits per heavy atom. The van der Waals surface area contributed by atoms with Gasteiger partial charge in [-0.3, -0.25) is 0 Å². The molecule has 2 fully saturated rings. The van der Waals surface area contributed by atoms with E-state index in [1.165, 1.54) is 166 Å². The Balaban J connectivity index is 1.08. The molecule has 2 aliphatic heterocycles. The third-order valence-corrected chi connectivity index (χ3v) is 27.9. The highest BCUT2D eigenvalue weighted by Crippen LogP contribution is 2.65. The van der Waals surface area contributed by atoms with Crippen LogP contribution in [-0.2, 0) is 43.3 Å². The zero-order valence-electron chi connectivity index (χ0n) is 60.5. The van der Waals surface area contributed by atoms with E-state index in [0.717, 1.165) is 12.8 Å². The van der Waals surface area contributed by atoms with Crippen LogP contribution in [0.1, 0.15) is 241 Å². The normalized spacial score (nSPS) is 25.3. The van der Waals surface area contributed by atoms with E-state index in [2.05, 4.69) is 298 Å².